The summed E-state index contributed by atoms with van der Waals surface area (Å²) >= 11 is 3.03. The third kappa shape index (κ3) is 3.28. The van der Waals surface area contributed by atoms with Crippen LogP contribution in [0.15, 0.2) is 35.1 Å². The molecule has 0 aliphatic heterocycles. The molecule has 2 rings (SSSR count). The zero-order valence-corrected chi connectivity index (χ0v) is 10.8. The molecular formula is C11H11N3OS2. The summed E-state index contributed by atoms with van der Waals surface area (Å²) in [5.74, 6) is 0.412. The number of hydrogen-bond donors (Lipinski definition) is 1. The van der Waals surface area contributed by atoms with Gasteiger partial charge in [0, 0.05) is 25.6 Å². The average Bonchev–Trinajstić information content (AvgIpc) is 2.86. The van der Waals surface area contributed by atoms with Crippen LogP contribution >= 0.6 is 23.1 Å². The lowest BCUT2D eigenvalue weighted by molar-refractivity contribution is -0.118. The number of nitrogens with one attached hydrogen (secondary N) is 1. The quantitative estimate of drug-likeness (QED) is 0.860. The maximum atomic E-state index is 11.1. The van der Waals surface area contributed by atoms with E-state index in [4.69, 9.17) is 0 Å². The Balaban J connectivity index is 2.04. The third-order valence-corrected chi connectivity index (χ3v) is 4.26. The Kier molecular flexibility index (Phi) is 4.11. The van der Waals surface area contributed by atoms with Crippen molar-refractivity contribution in [2.75, 3.05) is 12.8 Å². The van der Waals surface area contributed by atoms with Crippen LogP contribution in [0.2, 0.25) is 0 Å². The van der Waals surface area contributed by atoms with E-state index >= 15 is 0 Å². The van der Waals surface area contributed by atoms with Gasteiger partial charge >= 0.3 is 0 Å². The minimum atomic E-state index is 0.00987. The number of carbonyl (C=O) groups excluding carboxylic acids is 1. The van der Waals surface area contributed by atoms with Gasteiger partial charge in [-0.05, 0) is 17.7 Å². The Hall–Kier alpha value is -1.40. The SMILES string of the molecule is CNC(=O)CSc1ncc(-c2ccncc2)s1. The zero-order valence-electron chi connectivity index (χ0n) is 9.21. The van der Waals surface area contributed by atoms with Gasteiger partial charge in [0.05, 0.1) is 10.6 Å². The predicted molar refractivity (Wildman–Crippen MR) is 70.1 cm³/mol. The Bertz CT molecular complexity index is 498. The Morgan fingerprint density at radius 2 is 2.24 bits per heavy atom. The molecule has 0 fully saturated rings. The van der Waals surface area contributed by atoms with Gasteiger partial charge in [-0.2, -0.15) is 0 Å². The largest absolute Gasteiger partial charge is 0.358 e. The highest BCUT2D eigenvalue weighted by atomic mass is 32.2. The first-order valence-corrected chi connectivity index (χ1v) is 6.79. The lowest BCUT2D eigenvalue weighted by Crippen LogP contribution is -2.19. The first-order chi connectivity index (χ1) is 8.29. The van der Waals surface area contributed by atoms with Gasteiger partial charge in [-0.3, -0.25) is 9.78 Å². The third-order valence-electron chi connectivity index (χ3n) is 2.05. The highest BCUT2D eigenvalue weighted by Crippen LogP contribution is 2.30. The molecule has 4 nitrogen and oxygen atoms in total. The molecule has 0 saturated heterocycles. The zero-order chi connectivity index (χ0) is 12.1. The number of rotatable bonds is 4. The second kappa shape index (κ2) is 5.79. The van der Waals surface area contributed by atoms with Crippen molar-refractivity contribution in [3.05, 3.63) is 30.7 Å². The maximum Gasteiger partial charge on any atom is 0.230 e. The molecule has 1 amide bonds. The van der Waals surface area contributed by atoms with Gasteiger partial charge in [-0.1, -0.05) is 11.8 Å². The summed E-state index contributed by atoms with van der Waals surface area (Å²) in [6.07, 6.45) is 5.34. The molecule has 6 heteroatoms. The number of pyridine rings is 1. The number of thiazole rings is 1. The van der Waals surface area contributed by atoms with Crippen molar-refractivity contribution in [3.8, 4) is 10.4 Å². The number of aromatic nitrogens is 2. The fraction of sp³-hybridized carbons (Fsp3) is 0.182. The molecule has 0 aliphatic rings. The average molecular weight is 265 g/mol. The van der Waals surface area contributed by atoms with Crippen LogP contribution in [0.4, 0.5) is 0 Å². The molecular weight excluding hydrogens is 254 g/mol. The minimum Gasteiger partial charge on any atom is -0.358 e. The molecule has 2 heterocycles. The molecule has 0 saturated carbocycles. The van der Waals surface area contributed by atoms with E-state index in [-0.39, 0.29) is 5.91 Å². The molecule has 0 radical (unpaired) electrons. The minimum absolute atomic E-state index is 0.00987. The highest BCUT2D eigenvalue weighted by Gasteiger charge is 2.06. The molecule has 0 aromatic carbocycles. The lowest BCUT2D eigenvalue weighted by atomic mass is 10.2. The van der Waals surface area contributed by atoms with Crippen molar-refractivity contribution in [1.29, 1.82) is 0 Å². The van der Waals surface area contributed by atoms with Gasteiger partial charge in [0.2, 0.25) is 5.91 Å². The second-order valence-electron chi connectivity index (χ2n) is 3.19. The molecule has 2 aromatic rings. The van der Waals surface area contributed by atoms with E-state index < -0.39 is 0 Å². The second-order valence-corrected chi connectivity index (χ2v) is 5.44. The summed E-state index contributed by atoms with van der Waals surface area (Å²) in [5, 5.41) is 2.58. The monoisotopic (exact) mass is 265 g/mol. The Morgan fingerprint density at radius 1 is 1.47 bits per heavy atom. The van der Waals surface area contributed by atoms with Crippen LogP contribution in [-0.2, 0) is 4.79 Å². The van der Waals surface area contributed by atoms with E-state index in [9.17, 15) is 4.79 Å². The summed E-state index contributed by atoms with van der Waals surface area (Å²) in [5.41, 5.74) is 1.10. The van der Waals surface area contributed by atoms with Crippen LogP contribution in [0, 0.1) is 0 Å². The van der Waals surface area contributed by atoms with Crippen molar-refractivity contribution in [2.45, 2.75) is 4.34 Å². The van der Waals surface area contributed by atoms with Crippen LogP contribution in [0.1, 0.15) is 0 Å². The topological polar surface area (TPSA) is 54.9 Å². The van der Waals surface area contributed by atoms with Crippen LogP contribution in [0.25, 0.3) is 10.4 Å². The van der Waals surface area contributed by atoms with Crippen molar-refractivity contribution < 1.29 is 4.79 Å². The first kappa shape index (κ1) is 12.1. The molecule has 17 heavy (non-hydrogen) atoms. The predicted octanol–water partition coefficient (Wildman–Crippen LogP) is 2.04. The number of amides is 1. The van der Waals surface area contributed by atoms with Gasteiger partial charge in [0.15, 0.2) is 4.34 Å². The van der Waals surface area contributed by atoms with Crippen molar-refractivity contribution in [3.63, 3.8) is 0 Å². The molecule has 88 valence electrons. The lowest BCUT2D eigenvalue weighted by Gasteiger charge is -1.96. The van der Waals surface area contributed by atoms with Gasteiger partial charge in [0.1, 0.15) is 0 Å². The Labute approximate surface area is 107 Å². The van der Waals surface area contributed by atoms with Crippen LogP contribution < -0.4 is 5.32 Å². The van der Waals surface area contributed by atoms with Gasteiger partial charge in [-0.15, -0.1) is 11.3 Å². The molecule has 1 N–H and O–H groups in total. The maximum absolute atomic E-state index is 11.1. The number of hydrogen-bond acceptors (Lipinski definition) is 5. The van der Waals surface area contributed by atoms with E-state index in [1.807, 2.05) is 18.3 Å². The smallest absolute Gasteiger partial charge is 0.230 e. The van der Waals surface area contributed by atoms with E-state index in [2.05, 4.69) is 15.3 Å². The first-order valence-electron chi connectivity index (χ1n) is 4.99. The summed E-state index contributed by atoms with van der Waals surface area (Å²) in [6.45, 7) is 0. The Morgan fingerprint density at radius 3 is 2.94 bits per heavy atom. The van der Waals surface area contributed by atoms with Gasteiger partial charge in [0.25, 0.3) is 0 Å². The van der Waals surface area contributed by atoms with E-state index in [0.29, 0.717) is 5.75 Å². The van der Waals surface area contributed by atoms with Crippen LogP contribution in [0.3, 0.4) is 0 Å². The summed E-state index contributed by atoms with van der Waals surface area (Å²) in [7, 11) is 1.63. The summed E-state index contributed by atoms with van der Waals surface area (Å²) < 4.78 is 0.903. The van der Waals surface area contributed by atoms with E-state index in [1.165, 1.54) is 11.8 Å². The molecule has 0 aliphatic carbocycles. The molecule has 2 aromatic heterocycles. The number of thioether (sulfide) groups is 1. The van der Waals surface area contributed by atoms with Crippen molar-refractivity contribution >= 4 is 29.0 Å². The summed E-state index contributed by atoms with van der Waals surface area (Å²) in [6, 6.07) is 3.89. The van der Waals surface area contributed by atoms with Gasteiger partial charge in [-0.25, -0.2) is 4.98 Å². The highest BCUT2D eigenvalue weighted by molar-refractivity contribution is 8.01. The molecule has 0 bridgehead atoms. The molecule has 0 unspecified atom stereocenters. The fourth-order valence-electron chi connectivity index (χ4n) is 1.17. The molecule has 0 spiro atoms. The fourth-order valence-corrected chi connectivity index (χ4v) is 3.03. The molecule has 0 atom stereocenters. The van der Waals surface area contributed by atoms with Crippen molar-refractivity contribution in [2.24, 2.45) is 0 Å². The van der Waals surface area contributed by atoms with Gasteiger partial charge < -0.3 is 5.32 Å². The van der Waals surface area contributed by atoms with Crippen LogP contribution in [-0.4, -0.2) is 28.7 Å². The normalized spacial score (nSPS) is 10.2. The van der Waals surface area contributed by atoms with Crippen LogP contribution in [0.5, 0.6) is 0 Å². The van der Waals surface area contributed by atoms with Crippen molar-refractivity contribution in [1.82, 2.24) is 15.3 Å². The van der Waals surface area contributed by atoms with E-state index in [1.54, 1.807) is 30.8 Å². The summed E-state index contributed by atoms with van der Waals surface area (Å²) in [4.78, 5) is 20.4. The number of carbonyl (C=O) groups is 1. The number of nitrogens with zero attached hydrogens (tertiary/aromatic N) is 2. The van der Waals surface area contributed by atoms with E-state index in [0.717, 1.165) is 14.8 Å². The standard InChI is InChI=1S/C11H11N3OS2/c1-12-10(15)7-16-11-14-6-9(17-11)8-2-4-13-5-3-8/h2-6H,7H2,1H3,(H,12,15).